The van der Waals surface area contributed by atoms with Crippen LogP contribution >= 0.6 is 0 Å². The predicted octanol–water partition coefficient (Wildman–Crippen LogP) is 1.46. The topological polar surface area (TPSA) is 40.1 Å². The van der Waals surface area contributed by atoms with E-state index < -0.39 is 5.97 Å². The van der Waals surface area contributed by atoms with Crippen LogP contribution in [0.15, 0.2) is 29.2 Å². The van der Waals surface area contributed by atoms with Gasteiger partial charge < -0.3 is 9.90 Å². The molecule has 0 fully saturated rings. The molecule has 0 radical (unpaired) electrons. The van der Waals surface area contributed by atoms with Crippen molar-refractivity contribution in [3.63, 3.8) is 0 Å². The molecular formula is C12H16O2S. The molecule has 0 amide bonds. The standard InChI is InChI=1S/C12H16O2S/c1-3-4-9-15(2)11-8-6-5-7-10(11)12(13)14/h5-8H,3-4,9H2,1-2H3. The third kappa shape index (κ3) is 3.27. The molecule has 1 rings (SSSR count). The van der Waals surface area contributed by atoms with Crippen LogP contribution in [0.25, 0.3) is 0 Å². The Labute approximate surface area is 93.7 Å². The molecule has 0 spiro atoms. The van der Waals surface area contributed by atoms with E-state index in [1.165, 1.54) is 0 Å². The fourth-order valence-corrected chi connectivity index (χ4v) is 3.19. The van der Waals surface area contributed by atoms with Gasteiger partial charge in [-0.3, -0.25) is 0 Å². The van der Waals surface area contributed by atoms with Gasteiger partial charge in [-0.1, -0.05) is 25.5 Å². The Hall–Kier alpha value is -0.960. The van der Waals surface area contributed by atoms with Crippen molar-refractivity contribution >= 4 is 16.9 Å². The summed E-state index contributed by atoms with van der Waals surface area (Å²) >= 11 is 0. The molecule has 2 nitrogen and oxygen atoms in total. The number of rotatable bonds is 5. The maximum atomic E-state index is 10.9. The van der Waals surface area contributed by atoms with E-state index in [1.54, 1.807) is 12.1 Å². The monoisotopic (exact) mass is 224 g/mol. The van der Waals surface area contributed by atoms with Gasteiger partial charge in [0.05, 0.1) is 11.5 Å². The van der Waals surface area contributed by atoms with Crippen LogP contribution in [0.2, 0.25) is 0 Å². The summed E-state index contributed by atoms with van der Waals surface area (Å²) in [7, 11) is 0.0137. The maximum Gasteiger partial charge on any atom is 0.163 e. The Balaban J connectivity index is 2.87. The first-order valence-electron chi connectivity index (χ1n) is 5.09. The van der Waals surface area contributed by atoms with Gasteiger partial charge in [0.1, 0.15) is 12.0 Å². The highest BCUT2D eigenvalue weighted by molar-refractivity contribution is 7.96. The van der Waals surface area contributed by atoms with Gasteiger partial charge in [0.2, 0.25) is 0 Å². The molecule has 1 atom stereocenters. The zero-order chi connectivity index (χ0) is 11.3. The lowest BCUT2D eigenvalue weighted by Crippen LogP contribution is -2.25. The van der Waals surface area contributed by atoms with Crippen molar-refractivity contribution < 1.29 is 9.90 Å². The Morgan fingerprint density at radius 2 is 2.07 bits per heavy atom. The van der Waals surface area contributed by atoms with Crippen LogP contribution in [0.4, 0.5) is 0 Å². The molecular weight excluding hydrogens is 208 g/mol. The Morgan fingerprint density at radius 1 is 1.40 bits per heavy atom. The molecule has 1 aromatic rings. The number of carboxylic acids is 1. The van der Waals surface area contributed by atoms with Gasteiger partial charge in [0.25, 0.3) is 0 Å². The van der Waals surface area contributed by atoms with Gasteiger partial charge >= 0.3 is 0 Å². The van der Waals surface area contributed by atoms with E-state index in [-0.39, 0.29) is 10.9 Å². The first-order chi connectivity index (χ1) is 7.16. The van der Waals surface area contributed by atoms with Crippen LogP contribution < -0.4 is 5.11 Å². The van der Waals surface area contributed by atoms with Crippen molar-refractivity contribution in [2.24, 2.45) is 0 Å². The molecule has 0 aliphatic rings. The average Bonchev–Trinajstić information content (AvgIpc) is 2.25. The van der Waals surface area contributed by atoms with Crippen molar-refractivity contribution in [3.8, 4) is 0 Å². The minimum absolute atomic E-state index is 0.0137. The summed E-state index contributed by atoms with van der Waals surface area (Å²) in [5.41, 5.74) is 0.347. The first kappa shape index (κ1) is 12.1. The molecule has 0 saturated heterocycles. The van der Waals surface area contributed by atoms with Crippen LogP contribution in [0.1, 0.15) is 30.1 Å². The molecule has 3 heteroatoms. The summed E-state index contributed by atoms with van der Waals surface area (Å²) in [5.74, 6) is -0.0118. The zero-order valence-electron chi connectivity index (χ0n) is 9.16. The van der Waals surface area contributed by atoms with E-state index in [0.717, 1.165) is 23.5 Å². The maximum absolute atomic E-state index is 10.9. The fourth-order valence-electron chi connectivity index (χ4n) is 1.41. The minimum Gasteiger partial charge on any atom is -0.545 e. The number of benzene rings is 1. The molecule has 1 unspecified atom stereocenters. The average molecular weight is 224 g/mol. The Morgan fingerprint density at radius 3 is 2.67 bits per heavy atom. The second-order valence-corrected chi connectivity index (χ2v) is 5.60. The van der Waals surface area contributed by atoms with Crippen LogP contribution in [0.3, 0.4) is 0 Å². The normalized spacial score (nSPS) is 12.4. The number of carbonyl (C=O) groups is 1. The summed E-state index contributed by atoms with van der Waals surface area (Å²) in [6, 6.07) is 7.15. The van der Waals surface area contributed by atoms with Gasteiger partial charge in [-0.25, -0.2) is 0 Å². The van der Waals surface area contributed by atoms with Crippen LogP contribution in [0, 0.1) is 0 Å². The molecule has 15 heavy (non-hydrogen) atoms. The third-order valence-corrected chi connectivity index (χ3v) is 4.29. The quantitative estimate of drug-likeness (QED) is 0.710. The SMILES string of the molecule is CCCC[S+](C)c1ccccc1C(=O)[O-]. The van der Waals surface area contributed by atoms with Crippen molar-refractivity contribution in [1.29, 1.82) is 0 Å². The largest absolute Gasteiger partial charge is 0.545 e. The smallest absolute Gasteiger partial charge is 0.163 e. The number of carboxylic acid groups (broad SMARTS) is 1. The Bertz CT molecular complexity index is 336. The molecule has 0 aliphatic heterocycles. The lowest BCUT2D eigenvalue weighted by molar-refractivity contribution is -0.255. The van der Waals surface area contributed by atoms with Crippen molar-refractivity contribution in [3.05, 3.63) is 29.8 Å². The zero-order valence-corrected chi connectivity index (χ0v) is 9.97. The lowest BCUT2D eigenvalue weighted by atomic mass is 10.2. The summed E-state index contributed by atoms with van der Waals surface area (Å²) in [6.07, 6.45) is 4.38. The molecule has 0 heterocycles. The number of carbonyl (C=O) groups excluding carboxylic acids is 1. The van der Waals surface area contributed by atoms with E-state index in [4.69, 9.17) is 0 Å². The molecule has 0 aromatic heterocycles. The highest BCUT2D eigenvalue weighted by atomic mass is 32.2. The van der Waals surface area contributed by atoms with Crippen molar-refractivity contribution in [1.82, 2.24) is 0 Å². The van der Waals surface area contributed by atoms with Gasteiger partial charge in [-0.15, -0.1) is 0 Å². The van der Waals surface area contributed by atoms with E-state index in [0.29, 0.717) is 5.56 Å². The van der Waals surface area contributed by atoms with Crippen LogP contribution in [-0.4, -0.2) is 18.0 Å². The summed E-state index contributed by atoms with van der Waals surface area (Å²) in [5, 5.41) is 10.9. The number of aromatic carboxylic acids is 1. The Kier molecular flexibility index (Phi) is 4.69. The van der Waals surface area contributed by atoms with Crippen molar-refractivity contribution in [2.45, 2.75) is 24.7 Å². The number of hydrogen-bond acceptors (Lipinski definition) is 2. The molecule has 1 aromatic carbocycles. The van der Waals surface area contributed by atoms with Gasteiger partial charge in [-0.05, 0) is 18.6 Å². The van der Waals surface area contributed by atoms with E-state index >= 15 is 0 Å². The van der Waals surface area contributed by atoms with Gasteiger partial charge in [0.15, 0.2) is 4.90 Å². The second kappa shape index (κ2) is 5.81. The molecule has 0 aliphatic carbocycles. The molecule has 0 saturated carbocycles. The first-order valence-corrected chi connectivity index (χ1v) is 6.90. The molecule has 0 N–H and O–H groups in total. The third-order valence-electron chi connectivity index (χ3n) is 2.29. The number of unbranched alkanes of at least 4 members (excludes halogenated alkanes) is 1. The lowest BCUT2D eigenvalue weighted by Gasteiger charge is -2.08. The molecule has 0 bridgehead atoms. The van der Waals surface area contributed by atoms with E-state index in [2.05, 4.69) is 13.2 Å². The highest BCUT2D eigenvalue weighted by Crippen LogP contribution is 2.17. The summed E-state index contributed by atoms with van der Waals surface area (Å²) in [4.78, 5) is 11.8. The van der Waals surface area contributed by atoms with Crippen molar-refractivity contribution in [2.75, 3.05) is 12.0 Å². The van der Waals surface area contributed by atoms with Gasteiger partial charge in [0, 0.05) is 10.9 Å². The summed E-state index contributed by atoms with van der Waals surface area (Å²) < 4.78 is 0. The second-order valence-electron chi connectivity index (χ2n) is 3.48. The van der Waals surface area contributed by atoms with Crippen LogP contribution in [-0.2, 0) is 10.9 Å². The molecule has 82 valence electrons. The highest BCUT2D eigenvalue weighted by Gasteiger charge is 2.18. The van der Waals surface area contributed by atoms with Crippen LogP contribution in [0.5, 0.6) is 0 Å². The number of hydrogen-bond donors (Lipinski definition) is 0. The fraction of sp³-hybridized carbons (Fsp3) is 0.417. The minimum atomic E-state index is -1.07. The van der Waals surface area contributed by atoms with E-state index in [9.17, 15) is 9.90 Å². The summed E-state index contributed by atoms with van der Waals surface area (Å²) in [6.45, 7) is 2.14. The van der Waals surface area contributed by atoms with E-state index in [1.807, 2.05) is 12.1 Å². The van der Waals surface area contributed by atoms with Gasteiger partial charge in [-0.2, -0.15) is 0 Å². The predicted molar refractivity (Wildman–Crippen MR) is 62.1 cm³/mol.